The van der Waals surface area contributed by atoms with E-state index in [1.807, 2.05) is 12.1 Å². The number of hydrogen-bond acceptors (Lipinski definition) is 6. The Morgan fingerprint density at radius 3 is 2.83 bits per heavy atom. The molecule has 1 aromatic rings. The number of ether oxygens (including phenoxy) is 3. The smallest absolute Gasteiger partial charge is 0.241 e. The van der Waals surface area contributed by atoms with Crippen molar-refractivity contribution in [3.63, 3.8) is 0 Å². The minimum absolute atomic E-state index is 0.111. The Labute approximate surface area is 136 Å². The van der Waals surface area contributed by atoms with Crippen LogP contribution >= 0.6 is 0 Å². The molecule has 1 N–H and O–H groups in total. The number of carbonyl (C=O) groups excluding carboxylic acids is 1. The summed E-state index contributed by atoms with van der Waals surface area (Å²) in [5, 5.41) is 3.98. The molecule has 1 amide bonds. The Hall–Kier alpha value is -2.12. The fraction of sp³-hybridized carbons (Fsp3) is 0.500. The summed E-state index contributed by atoms with van der Waals surface area (Å²) in [4.78, 5) is 14.0. The minimum atomic E-state index is -0.111. The van der Waals surface area contributed by atoms with Crippen molar-refractivity contribution in [1.29, 1.82) is 0 Å². The van der Waals surface area contributed by atoms with E-state index in [0.717, 1.165) is 38.4 Å². The highest BCUT2D eigenvalue weighted by Gasteiger charge is 2.11. The highest BCUT2D eigenvalue weighted by Crippen LogP contribution is 2.22. The first-order chi connectivity index (χ1) is 11.2. The van der Waals surface area contributed by atoms with Crippen molar-refractivity contribution < 1.29 is 19.0 Å². The van der Waals surface area contributed by atoms with E-state index in [1.54, 1.807) is 26.5 Å². The van der Waals surface area contributed by atoms with E-state index >= 15 is 0 Å². The maximum absolute atomic E-state index is 11.8. The number of hydrazone groups is 1. The highest BCUT2D eigenvalue weighted by atomic mass is 16.5. The van der Waals surface area contributed by atoms with Crippen molar-refractivity contribution in [3.8, 4) is 11.5 Å². The molecule has 1 heterocycles. The zero-order valence-electron chi connectivity index (χ0n) is 13.6. The standard InChI is InChI=1S/C16H23N3O4/c1-21-14-4-3-13(15(11-14)22-2)12-17-18-16(20)5-6-19-7-9-23-10-8-19/h3-4,11-12H,5-10H2,1-2H3,(H,18,20)/b17-12+. The zero-order chi connectivity index (χ0) is 16.5. The van der Waals surface area contributed by atoms with E-state index in [9.17, 15) is 4.79 Å². The molecule has 0 saturated carbocycles. The van der Waals surface area contributed by atoms with Crippen molar-refractivity contribution in [2.24, 2.45) is 5.10 Å². The molecule has 0 aliphatic carbocycles. The summed E-state index contributed by atoms with van der Waals surface area (Å²) in [6.07, 6.45) is 1.97. The van der Waals surface area contributed by atoms with Crippen LogP contribution in [0.4, 0.5) is 0 Å². The molecule has 0 unspecified atom stereocenters. The predicted molar refractivity (Wildman–Crippen MR) is 87.2 cm³/mol. The van der Waals surface area contributed by atoms with Crippen molar-refractivity contribution in [2.45, 2.75) is 6.42 Å². The molecular formula is C16H23N3O4. The van der Waals surface area contributed by atoms with Crippen molar-refractivity contribution in [1.82, 2.24) is 10.3 Å². The summed E-state index contributed by atoms with van der Waals surface area (Å²) in [6, 6.07) is 5.40. The summed E-state index contributed by atoms with van der Waals surface area (Å²) in [5.74, 6) is 1.23. The Kier molecular flexibility index (Phi) is 6.83. The molecule has 7 nitrogen and oxygen atoms in total. The van der Waals surface area contributed by atoms with Gasteiger partial charge in [-0.25, -0.2) is 5.43 Å². The molecule has 7 heteroatoms. The summed E-state index contributed by atoms with van der Waals surface area (Å²) >= 11 is 0. The largest absolute Gasteiger partial charge is 0.497 e. The summed E-state index contributed by atoms with van der Waals surface area (Å²) in [5.41, 5.74) is 3.30. The van der Waals surface area contributed by atoms with Gasteiger partial charge in [0.2, 0.25) is 5.91 Å². The fourth-order valence-electron chi connectivity index (χ4n) is 2.24. The van der Waals surface area contributed by atoms with Crippen LogP contribution < -0.4 is 14.9 Å². The molecule has 1 aliphatic heterocycles. The van der Waals surface area contributed by atoms with Crippen LogP contribution in [0.3, 0.4) is 0 Å². The zero-order valence-corrected chi connectivity index (χ0v) is 13.6. The molecule has 1 aromatic carbocycles. The number of amides is 1. The number of rotatable bonds is 7. The first-order valence-electron chi connectivity index (χ1n) is 7.57. The lowest BCUT2D eigenvalue weighted by Crippen LogP contribution is -2.38. The molecule has 23 heavy (non-hydrogen) atoms. The molecule has 0 bridgehead atoms. The van der Waals surface area contributed by atoms with Crippen molar-refractivity contribution in [3.05, 3.63) is 23.8 Å². The lowest BCUT2D eigenvalue weighted by atomic mass is 10.2. The van der Waals surface area contributed by atoms with Gasteiger partial charge in [-0.05, 0) is 12.1 Å². The van der Waals surface area contributed by atoms with Crippen LogP contribution in [0.25, 0.3) is 0 Å². The van der Waals surface area contributed by atoms with E-state index in [4.69, 9.17) is 14.2 Å². The van der Waals surface area contributed by atoms with Gasteiger partial charge in [-0.15, -0.1) is 0 Å². The average Bonchev–Trinajstić information content (AvgIpc) is 2.61. The molecule has 1 fully saturated rings. The topological polar surface area (TPSA) is 72.4 Å². The maximum Gasteiger partial charge on any atom is 0.241 e. The number of nitrogens with one attached hydrogen (secondary N) is 1. The van der Waals surface area contributed by atoms with Gasteiger partial charge >= 0.3 is 0 Å². The van der Waals surface area contributed by atoms with Crippen LogP contribution in [0.15, 0.2) is 23.3 Å². The van der Waals surface area contributed by atoms with Crippen LogP contribution in [-0.4, -0.2) is 64.1 Å². The second kappa shape index (κ2) is 9.12. The van der Waals surface area contributed by atoms with E-state index in [-0.39, 0.29) is 5.91 Å². The first-order valence-corrected chi connectivity index (χ1v) is 7.57. The molecule has 0 aromatic heterocycles. The molecular weight excluding hydrogens is 298 g/mol. The third-order valence-corrected chi connectivity index (χ3v) is 3.59. The van der Waals surface area contributed by atoms with Crippen molar-refractivity contribution in [2.75, 3.05) is 47.1 Å². The number of carbonyl (C=O) groups is 1. The van der Waals surface area contributed by atoms with E-state index in [2.05, 4.69) is 15.4 Å². The SMILES string of the molecule is COc1ccc(/C=N/NC(=O)CCN2CCOCC2)c(OC)c1. The van der Waals surface area contributed by atoms with E-state index in [1.165, 1.54) is 0 Å². The van der Waals surface area contributed by atoms with Crippen LogP contribution in [-0.2, 0) is 9.53 Å². The summed E-state index contributed by atoms with van der Waals surface area (Å²) in [6.45, 7) is 3.93. The van der Waals surface area contributed by atoms with Gasteiger partial charge in [0.25, 0.3) is 0 Å². The van der Waals surface area contributed by atoms with Gasteiger partial charge in [-0.3, -0.25) is 9.69 Å². The lowest BCUT2D eigenvalue weighted by molar-refractivity contribution is -0.121. The van der Waals surface area contributed by atoms with Crippen LogP contribution in [0.2, 0.25) is 0 Å². The van der Waals surface area contributed by atoms with Gasteiger partial charge in [-0.1, -0.05) is 0 Å². The second-order valence-corrected chi connectivity index (χ2v) is 5.11. The van der Waals surface area contributed by atoms with Crippen LogP contribution in [0, 0.1) is 0 Å². The van der Waals surface area contributed by atoms with Crippen LogP contribution in [0.5, 0.6) is 11.5 Å². The third-order valence-electron chi connectivity index (χ3n) is 3.59. The Morgan fingerprint density at radius 1 is 1.35 bits per heavy atom. The number of methoxy groups -OCH3 is 2. The minimum Gasteiger partial charge on any atom is -0.497 e. The summed E-state index contributed by atoms with van der Waals surface area (Å²) in [7, 11) is 3.17. The highest BCUT2D eigenvalue weighted by molar-refractivity contribution is 5.85. The Bertz CT molecular complexity index is 542. The number of nitrogens with zero attached hydrogens (tertiary/aromatic N) is 2. The molecule has 0 spiro atoms. The molecule has 0 atom stereocenters. The van der Waals surface area contributed by atoms with Gasteiger partial charge in [0, 0.05) is 37.7 Å². The quantitative estimate of drug-likeness (QED) is 0.596. The van der Waals surface area contributed by atoms with Gasteiger partial charge in [0.05, 0.1) is 33.6 Å². The first kappa shape index (κ1) is 17.2. The second-order valence-electron chi connectivity index (χ2n) is 5.11. The van der Waals surface area contributed by atoms with Gasteiger partial charge < -0.3 is 14.2 Å². The number of hydrogen-bond donors (Lipinski definition) is 1. The van der Waals surface area contributed by atoms with Gasteiger partial charge in [0.15, 0.2) is 0 Å². The average molecular weight is 321 g/mol. The Morgan fingerprint density at radius 2 is 2.13 bits per heavy atom. The van der Waals surface area contributed by atoms with Gasteiger partial charge in [0.1, 0.15) is 11.5 Å². The van der Waals surface area contributed by atoms with Crippen LogP contribution in [0.1, 0.15) is 12.0 Å². The molecule has 1 aliphatic rings. The Balaban J connectivity index is 1.80. The number of morpholine rings is 1. The molecule has 1 saturated heterocycles. The number of benzene rings is 1. The van der Waals surface area contributed by atoms with E-state index in [0.29, 0.717) is 17.9 Å². The fourth-order valence-corrected chi connectivity index (χ4v) is 2.24. The molecule has 2 rings (SSSR count). The monoisotopic (exact) mass is 321 g/mol. The van der Waals surface area contributed by atoms with Crippen molar-refractivity contribution >= 4 is 12.1 Å². The normalized spacial score (nSPS) is 15.6. The molecule has 0 radical (unpaired) electrons. The lowest BCUT2D eigenvalue weighted by Gasteiger charge is -2.25. The third kappa shape index (κ3) is 5.54. The maximum atomic E-state index is 11.8. The molecule has 126 valence electrons. The summed E-state index contributed by atoms with van der Waals surface area (Å²) < 4.78 is 15.7. The van der Waals surface area contributed by atoms with Gasteiger partial charge in [-0.2, -0.15) is 5.10 Å². The predicted octanol–water partition coefficient (Wildman–Crippen LogP) is 0.876. The van der Waals surface area contributed by atoms with E-state index < -0.39 is 0 Å².